The number of nitrogens with zero attached hydrogens (tertiary/aromatic N) is 2. The Kier molecular flexibility index (Phi) is 5.00. The number of nitrogens with one attached hydrogen (secondary N) is 1. The van der Waals surface area contributed by atoms with Gasteiger partial charge in [0.05, 0.1) is 0 Å². The van der Waals surface area contributed by atoms with Crippen LogP contribution >= 0.6 is 0 Å². The van der Waals surface area contributed by atoms with Crippen LogP contribution in [0, 0.1) is 5.92 Å². The fourth-order valence-corrected chi connectivity index (χ4v) is 4.64. The Morgan fingerprint density at radius 2 is 1.75 bits per heavy atom. The van der Waals surface area contributed by atoms with Gasteiger partial charge >= 0.3 is 0 Å². The summed E-state index contributed by atoms with van der Waals surface area (Å²) in [6, 6.07) is 2.47. The molecular formula is C17H33N3. The van der Waals surface area contributed by atoms with Crippen molar-refractivity contribution in [2.24, 2.45) is 5.92 Å². The van der Waals surface area contributed by atoms with Crippen LogP contribution in [0.1, 0.15) is 52.4 Å². The number of fused-ring (bicyclic) bond motifs is 1. The van der Waals surface area contributed by atoms with Gasteiger partial charge in [0, 0.05) is 31.2 Å². The maximum absolute atomic E-state index is 3.75. The second-order valence-electron chi connectivity index (χ2n) is 7.36. The second kappa shape index (κ2) is 6.76. The van der Waals surface area contributed by atoms with E-state index in [0.29, 0.717) is 0 Å². The molecule has 3 fully saturated rings. The maximum atomic E-state index is 3.75. The molecule has 3 saturated heterocycles. The highest BCUT2D eigenvalue weighted by Crippen LogP contribution is 2.31. The highest BCUT2D eigenvalue weighted by Gasteiger charge is 2.39. The smallest absolute Gasteiger partial charge is 0.0263 e. The summed E-state index contributed by atoms with van der Waals surface area (Å²) in [6.07, 6.45) is 8.38. The van der Waals surface area contributed by atoms with Crippen molar-refractivity contribution >= 4 is 0 Å². The van der Waals surface area contributed by atoms with Crippen molar-refractivity contribution < 1.29 is 0 Å². The molecule has 0 aliphatic carbocycles. The van der Waals surface area contributed by atoms with Gasteiger partial charge in [0.1, 0.15) is 0 Å². The van der Waals surface area contributed by atoms with E-state index in [0.717, 1.165) is 24.0 Å². The van der Waals surface area contributed by atoms with Gasteiger partial charge in [-0.2, -0.15) is 0 Å². The van der Waals surface area contributed by atoms with E-state index >= 15 is 0 Å². The molecule has 0 aromatic carbocycles. The predicted octanol–water partition coefficient (Wildman–Crippen LogP) is 2.32. The Morgan fingerprint density at radius 3 is 2.60 bits per heavy atom. The Hall–Kier alpha value is -0.120. The Morgan fingerprint density at radius 1 is 0.950 bits per heavy atom. The molecule has 0 bridgehead atoms. The average Bonchev–Trinajstić information content (AvgIpc) is 2.87. The molecule has 3 aliphatic rings. The van der Waals surface area contributed by atoms with Crippen LogP contribution in [0.5, 0.6) is 0 Å². The van der Waals surface area contributed by atoms with Crippen LogP contribution in [0.15, 0.2) is 0 Å². The highest BCUT2D eigenvalue weighted by atomic mass is 15.3. The van der Waals surface area contributed by atoms with Crippen molar-refractivity contribution in [3.63, 3.8) is 0 Å². The van der Waals surface area contributed by atoms with Gasteiger partial charge in [-0.1, -0.05) is 20.3 Å². The molecule has 0 aromatic rings. The van der Waals surface area contributed by atoms with E-state index in [1.54, 1.807) is 0 Å². The molecule has 3 heterocycles. The summed E-state index contributed by atoms with van der Waals surface area (Å²) in [7, 11) is 0. The summed E-state index contributed by atoms with van der Waals surface area (Å²) in [5.74, 6) is 0.794. The Bertz CT molecular complexity index is 307. The zero-order valence-corrected chi connectivity index (χ0v) is 13.5. The largest absolute Gasteiger partial charge is 0.314 e. The molecule has 1 N–H and O–H groups in total. The van der Waals surface area contributed by atoms with Gasteiger partial charge in [0.2, 0.25) is 0 Å². The van der Waals surface area contributed by atoms with Crippen LogP contribution in [-0.4, -0.2) is 60.6 Å². The lowest BCUT2D eigenvalue weighted by Crippen LogP contribution is -2.51. The van der Waals surface area contributed by atoms with E-state index in [4.69, 9.17) is 0 Å². The molecule has 20 heavy (non-hydrogen) atoms. The van der Waals surface area contributed by atoms with Gasteiger partial charge in [0.15, 0.2) is 0 Å². The minimum Gasteiger partial charge on any atom is -0.314 e. The molecule has 3 nitrogen and oxygen atoms in total. The fourth-order valence-electron chi connectivity index (χ4n) is 4.64. The number of piperidine rings is 1. The van der Waals surface area contributed by atoms with E-state index in [1.165, 1.54) is 71.2 Å². The SMILES string of the molecule is CCC1CCN(C2CCN3CCCCC23)CC(C)CN1. The van der Waals surface area contributed by atoms with E-state index < -0.39 is 0 Å². The quantitative estimate of drug-likeness (QED) is 0.837. The molecule has 0 spiro atoms. The van der Waals surface area contributed by atoms with Crippen LogP contribution in [-0.2, 0) is 0 Å². The third kappa shape index (κ3) is 3.20. The summed E-state index contributed by atoms with van der Waals surface area (Å²) in [5, 5.41) is 3.75. The molecule has 4 atom stereocenters. The monoisotopic (exact) mass is 279 g/mol. The second-order valence-corrected chi connectivity index (χ2v) is 7.36. The van der Waals surface area contributed by atoms with E-state index in [1.807, 2.05) is 0 Å². The third-order valence-electron chi connectivity index (χ3n) is 5.85. The molecule has 0 radical (unpaired) electrons. The van der Waals surface area contributed by atoms with Crippen molar-refractivity contribution in [3.8, 4) is 0 Å². The molecule has 0 saturated carbocycles. The van der Waals surface area contributed by atoms with Crippen molar-refractivity contribution in [3.05, 3.63) is 0 Å². The predicted molar refractivity (Wildman–Crippen MR) is 85.1 cm³/mol. The zero-order valence-electron chi connectivity index (χ0n) is 13.5. The molecular weight excluding hydrogens is 246 g/mol. The zero-order chi connectivity index (χ0) is 13.9. The van der Waals surface area contributed by atoms with Crippen molar-refractivity contribution in [1.82, 2.24) is 15.1 Å². The molecule has 3 aliphatic heterocycles. The molecule has 4 unspecified atom stereocenters. The normalized spacial score (nSPS) is 41.1. The standard InChI is InChI=1S/C17H33N3/c1-3-15-7-10-20(13-14(2)12-18-15)17-8-11-19-9-5-4-6-16(17)19/h14-18H,3-13H2,1-2H3. The fraction of sp³-hybridized carbons (Fsp3) is 1.00. The molecule has 3 heteroatoms. The van der Waals surface area contributed by atoms with Crippen LogP contribution in [0.3, 0.4) is 0 Å². The van der Waals surface area contributed by atoms with Crippen LogP contribution in [0.4, 0.5) is 0 Å². The summed E-state index contributed by atoms with van der Waals surface area (Å²) >= 11 is 0. The van der Waals surface area contributed by atoms with E-state index in [9.17, 15) is 0 Å². The van der Waals surface area contributed by atoms with Gasteiger partial charge in [-0.25, -0.2) is 0 Å². The van der Waals surface area contributed by atoms with Crippen LogP contribution in [0.2, 0.25) is 0 Å². The first-order valence-electron chi connectivity index (χ1n) is 8.99. The first kappa shape index (κ1) is 14.8. The Labute approximate surface area is 125 Å². The lowest BCUT2D eigenvalue weighted by atomic mass is 9.95. The van der Waals surface area contributed by atoms with Gasteiger partial charge < -0.3 is 5.32 Å². The number of hydrogen-bond acceptors (Lipinski definition) is 3. The molecule has 3 rings (SSSR count). The summed E-state index contributed by atoms with van der Waals surface area (Å²) in [4.78, 5) is 5.65. The van der Waals surface area contributed by atoms with Gasteiger partial charge in [-0.15, -0.1) is 0 Å². The minimum atomic E-state index is 0.740. The topological polar surface area (TPSA) is 18.5 Å². The van der Waals surface area contributed by atoms with Crippen molar-refractivity contribution in [1.29, 1.82) is 0 Å². The van der Waals surface area contributed by atoms with Crippen LogP contribution in [0.25, 0.3) is 0 Å². The summed E-state index contributed by atoms with van der Waals surface area (Å²) < 4.78 is 0. The van der Waals surface area contributed by atoms with E-state index in [-0.39, 0.29) is 0 Å². The molecule has 116 valence electrons. The van der Waals surface area contributed by atoms with E-state index in [2.05, 4.69) is 29.0 Å². The van der Waals surface area contributed by atoms with Crippen molar-refractivity contribution in [2.75, 3.05) is 32.7 Å². The van der Waals surface area contributed by atoms with Gasteiger partial charge in [0.25, 0.3) is 0 Å². The first-order valence-corrected chi connectivity index (χ1v) is 8.99. The number of rotatable bonds is 2. The third-order valence-corrected chi connectivity index (χ3v) is 5.85. The summed E-state index contributed by atoms with van der Waals surface area (Å²) in [6.45, 7) is 11.3. The summed E-state index contributed by atoms with van der Waals surface area (Å²) in [5.41, 5.74) is 0. The van der Waals surface area contributed by atoms with Gasteiger partial charge in [-0.05, 0) is 57.7 Å². The molecule has 0 aromatic heterocycles. The van der Waals surface area contributed by atoms with Crippen molar-refractivity contribution in [2.45, 2.75) is 70.5 Å². The van der Waals surface area contributed by atoms with Gasteiger partial charge in [-0.3, -0.25) is 9.80 Å². The first-order chi connectivity index (χ1) is 9.78. The highest BCUT2D eigenvalue weighted by molar-refractivity contribution is 4.96. The average molecular weight is 279 g/mol. The number of hydrogen-bond donors (Lipinski definition) is 1. The molecule has 0 amide bonds. The lowest BCUT2D eigenvalue weighted by molar-refractivity contribution is 0.0916. The minimum absolute atomic E-state index is 0.740. The van der Waals surface area contributed by atoms with Crippen LogP contribution < -0.4 is 5.32 Å². The Balaban J connectivity index is 1.64. The lowest BCUT2D eigenvalue weighted by Gasteiger charge is -2.40. The maximum Gasteiger partial charge on any atom is 0.0263 e.